The van der Waals surface area contributed by atoms with Gasteiger partial charge in [0.05, 0.1) is 37.2 Å². The molecule has 0 amide bonds. The van der Waals surface area contributed by atoms with Crippen molar-refractivity contribution in [2.24, 2.45) is 0 Å². The second-order valence-electron chi connectivity index (χ2n) is 14.0. The summed E-state index contributed by atoms with van der Waals surface area (Å²) in [6.07, 6.45) is 13.8. The molecule has 0 aliphatic rings. The number of alkyl halides is 2. The fourth-order valence-electron chi connectivity index (χ4n) is 5.41. The molecule has 0 aliphatic heterocycles. The van der Waals surface area contributed by atoms with Crippen LogP contribution in [-0.4, -0.2) is 96.9 Å². The number of halogens is 2. The minimum absolute atomic E-state index is 0.0171. The first kappa shape index (κ1) is 50.6. The standard InChI is InChI=1S/C13H16ClN.C13H16FN.C13H17NO.C10H15NO/c2*1-4-10-15(3)11(2)13(14)12-8-6-5-7-9-12;1-4-10-14(3)11(2)13(15)12-8-6-5-7-9-12;1-8(11-2)10(12)9-6-4-3-5-7-9/h2*1,5-9,11,13H,10H2,2-3H3;1,5-9,11,13,15H,10H2,2-3H3;3-8,10-12H,1-2H3/t2*11-,13-;11-,13+;8-,10+/m1111/s1. The fraction of sp³-hybridized carbons (Fsp3) is 0.388. The van der Waals surface area contributed by atoms with Gasteiger partial charge in [0.2, 0.25) is 0 Å². The maximum atomic E-state index is 14.0. The number of hydrogen-bond acceptors (Lipinski definition) is 6. The van der Waals surface area contributed by atoms with Gasteiger partial charge >= 0.3 is 0 Å². The summed E-state index contributed by atoms with van der Waals surface area (Å²) in [4.78, 5) is 5.86. The molecule has 4 aromatic rings. The van der Waals surface area contributed by atoms with Crippen LogP contribution in [0.4, 0.5) is 4.39 Å². The van der Waals surface area contributed by atoms with Gasteiger partial charge in [-0.3, -0.25) is 14.7 Å². The topological polar surface area (TPSA) is 62.2 Å². The molecule has 0 aromatic heterocycles. The van der Waals surface area contributed by atoms with Crippen molar-refractivity contribution in [3.63, 3.8) is 0 Å². The Bertz CT molecular complexity index is 1560. The normalized spacial score (nSPS) is 14.8. The van der Waals surface area contributed by atoms with E-state index in [4.69, 9.17) is 30.9 Å². The minimum Gasteiger partial charge on any atom is -0.387 e. The number of hydrogen-bond donors (Lipinski definition) is 3. The lowest BCUT2D eigenvalue weighted by molar-refractivity contribution is 0.0796. The van der Waals surface area contributed by atoms with Crippen molar-refractivity contribution in [3.8, 4) is 37.0 Å². The van der Waals surface area contributed by atoms with E-state index in [1.54, 1.807) is 12.1 Å². The number of aliphatic hydroxyl groups excluding tert-OH is 2. The third-order valence-corrected chi connectivity index (χ3v) is 10.5. The van der Waals surface area contributed by atoms with Crippen LogP contribution in [-0.2, 0) is 0 Å². The first-order valence-corrected chi connectivity index (χ1v) is 19.6. The highest BCUT2D eigenvalue weighted by Gasteiger charge is 2.22. The van der Waals surface area contributed by atoms with Gasteiger partial charge in [-0.15, -0.1) is 30.9 Å². The molecule has 3 N–H and O–H groups in total. The Kier molecular flexibility index (Phi) is 25.6. The van der Waals surface area contributed by atoms with Crippen LogP contribution in [0, 0.1) is 37.0 Å². The molecule has 57 heavy (non-hydrogen) atoms. The molecule has 4 aromatic carbocycles. The van der Waals surface area contributed by atoms with Gasteiger partial charge in [-0.25, -0.2) is 4.39 Å². The highest BCUT2D eigenvalue weighted by atomic mass is 35.5. The summed E-state index contributed by atoms with van der Waals surface area (Å²) in [5.74, 6) is 7.71. The molecule has 0 aliphatic carbocycles. The molecule has 8 atom stereocenters. The molecule has 0 unspecified atom stereocenters. The molecule has 0 fully saturated rings. The van der Waals surface area contributed by atoms with Crippen LogP contribution < -0.4 is 5.32 Å². The molecule has 0 saturated carbocycles. The molecular weight excluding hydrogens is 731 g/mol. The van der Waals surface area contributed by atoms with E-state index >= 15 is 0 Å². The molecule has 306 valence electrons. The van der Waals surface area contributed by atoms with Crippen molar-refractivity contribution in [1.82, 2.24) is 20.0 Å². The Morgan fingerprint density at radius 3 is 1.23 bits per heavy atom. The lowest BCUT2D eigenvalue weighted by atomic mass is 10.0. The van der Waals surface area contributed by atoms with Gasteiger partial charge < -0.3 is 15.5 Å². The fourth-order valence-corrected chi connectivity index (χ4v) is 5.75. The smallest absolute Gasteiger partial charge is 0.140 e. The van der Waals surface area contributed by atoms with Crippen LogP contribution in [0.5, 0.6) is 0 Å². The van der Waals surface area contributed by atoms with Crippen molar-refractivity contribution in [2.75, 3.05) is 47.8 Å². The van der Waals surface area contributed by atoms with Crippen molar-refractivity contribution >= 4 is 11.6 Å². The van der Waals surface area contributed by atoms with Crippen LogP contribution in [0.1, 0.15) is 73.7 Å². The Hall–Kier alpha value is -4.46. The highest BCUT2D eigenvalue weighted by Crippen LogP contribution is 2.27. The third kappa shape index (κ3) is 18.6. The summed E-state index contributed by atoms with van der Waals surface area (Å²) in [5.41, 5.74) is 3.72. The lowest BCUT2D eigenvalue weighted by Crippen LogP contribution is -2.34. The Balaban J connectivity index is 0.000000381. The van der Waals surface area contributed by atoms with Crippen molar-refractivity contribution in [1.29, 1.82) is 0 Å². The molecule has 8 heteroatoms. The van der Waals surface area contributed by atoms with E-state index in [2.05, 4.69) is 34.9 Å². The number of nitrogens with zero attached hydrogens (tertiary/aromatic N) is 3. The molecule has 0 saturated heterocycles. The number of likely N-dealkylation sites (N-methyl/N-ethyl adjacent to an activating group) is 4. The van der Waals surface area contributed by atoms with E-state index < -0.39 is 18.4 Å². The SMILES string of the molecule is C#CCN(C)[C@H](C)[C@@H](Cl)c1ccccc1.C#CCN(C)[C@H](C)[C@@H](F)c1ccccc1.C#CCN(C)[C@H](C)[C@H](O)c1ccccc1.CN[C@H](C)[C@H](O)c1ccccc1. The molecule has 6 nitrogen and oxygen atoms in total. The second-order valence-corrected chi connectivity index (χ2v) is 14.5. The summed E-state index contributed by atoms with van der Waals surface area (Å²) in [6, 6.07) is 38.6. The average Bonchev–Trinajstić information content (AvgIpc) is 3.26. The molecule has 0 radical (unpaired) electrons. The van der Waals surface area contributed by atoms with Crippen LogP contribution in [0.25, 0.3) is 0 Å². The zero-order valence-electron chi connectivity index (χ0n) is 35.0. The number of rotatable bonds is 15. The maximum absolute atomic E-state index is 14.0. The molecule has 0 heterocycles. The van der Waals surface area contributed by atoms with Crippen LogP contribution in [0.3, 0.4) is 0 Å². The zero-order chi connectivity index (χ0) is 42.8. The molecule has 0 bridgehead atoms. The van der Waals surface area contributed by atoms with Gasteiger partial charge in [-0.2, -0.15) is 0 Å². The van der Waals surface area contributed by atoms with Crippen LogP contribution in [0.15, 0.2) is 121 Å². The van der Waals surface area contributed by atoms with Crippen LogP contribution >= 0.6 is 11.6 Å². The van der Waals surface area contributed by atoms with E-state index in [0.717, 1.165) is 16.7 Å². The Morgan fingerprint density at radius 2 is 0.860 bits per heavy atom. The van der Waals surface area contributed by atoms with Gasteiger partial charge in [0, 0.05) is 24.2 Å². The predicted octanol–water partition coefficient (Wildman–Crippen LogP) is 8.57. The monoisotopic (exact) mass is 794 g/mol. The Labute approximate surface area is 349 Å². The van der Waals surface area contributed by atoms with Crippen molar-refractivity contribution in [3.05, 3.63) is 144 Å². The molecular formula is C49H64ClFN4O2. The lowest BCUT2D eigenvalue weighted by Gasteiger charge is -2.27. The third-order valence-electron chi connectivity index (χ3n) is 9.86. The largest absolute Gasteiger partial charge is 0.387 e. The summed E-state index contributed by atoms with van der Waals surface area (Å²) >= 11 is 6.38. The summed E-state index contributed by atoms with van der Waals surface area (Å²) in [6.45, 7) is 9.49. The number of aliphatic hydroxyl groups is 2. The van der Waals surface area contributed by atoms with E-state index in [9.17, 15) is 14.6 Å². The molecule has 4 rings (SSSR count). The summed E-state index contributed by atoms with van der Waals surface area (Å²) in [5, 5.41) is 22.8. The van der Waals surface area contributed by atoms with E-state index in [1.807, 2.05) is 168 Å². The first-order valence-electron chi connectivity index (χ1n) is 19.2. The number of terminal acetylenes is 3. The van der Waals surface area contributed by atoms with E-state index in [1.165, 1.54) is 0 Å². The summed E-state index contributed by atoms with van der Waals surface area (Å²) in [7, 11) is 7.58. The van der Waals surface area contributed by atoms with Crippen molar-refractivity contribution < 1.29 is 14.6 Å². The van der Waals surface area contributed by atoms with Crippen LogP contribution in [0.2, 0.25) is 0 Å². The molecule has 0 spiro atoms. The first-order chi connectivity index (χ1) is 27.2. The van der Waals surface area contributed by atoms with E-state index in [0.29, 0.717) is 25.2 Å². The van der Waals surface area contributed by atoms with Gasteiger partial charge in [-0.1, -0.05) is 139 Å². The van der Waals surface area contributed by atoms with Crippen molar-refractivity contribution in [2.45, 2.75) is 75.6 Å². The zero-order valence-corrected chi connectivity index (χ0v) is 35.8. The van der Waals surface area contributed by atoms with E-state index in [-0.39, 0.29) is 29.5 Å². The predicted molar refractivity (Wildman–Crippen MR) is 239 cm³/mol. The number of nitrogens with one attached hydrogen (secondary N) is 1. The Morgan fingerprint density at radius 1 is 0.544 bits per heavy atom. The van der Waals surface area contributed by atoms with Gasteiger partial charge in [0.1, 0.15) is 6.17 Å². The quantitative estimate of drug-likeness (QED) is 0.0829. The van der Waals surface area contributed by atoms with Gasteiger partial charge in [-0.05, 0) is 78.1 Å². The highest BCUT2D eigenvalue weighted by molar-refractivity contribution is 6.21. The van der Waals surface area contributed by atoms with Gasteiger partial charge in [0.15, 0.2) is 0 Å². The number of benzene rings is 4. The van der Waals surface area contributed by atoms with Gasteiger partial charge in [0.25, 0.3) is 0 Å². The minimum atomic E-state index is -0.996. The summed E-state index contributed by atoms with van der Waals surface area (Å²) < 4.78 is 14.0. The average molecular weight is 796 g/mol. The second kappa shape index (κ2) is 28.9. The maximum Gasteiger partial charge on any atom is 0.140 e.